The summed E-state index contributed by atoms with van der Waals surface area (Å²) in [7, 11) is -12.8. The van der Waals surface area contributed by atoms with Gasteiger partial charge in [-0.3, -0.25) is 18.3 Å². The third-order valence-corrected chi connectivity index (χ3v) is 33.6. The van der Waals surface area contributed by atoms with Crippen molar-refractivity contribution in [1.29, 1.82) is 0 Å². The SMILES string of the molecule is Cc1cccc(COCC(C)CP(=O)(CO[C@H](C)Cn2cnc3c(N)ncnc32)Oc2ccccc2)c1.Cc1ccccc1COCC(C)(C)CP(=O)(CO[C@H](C)Cn1cnc2c(N)ncnc21)Oc1ccccc1.Cc1ccccc1COCC1(CP(=O)(CO[C@H](C)Cn2cnc3c(N)ncnc32)Oc2ccccc2)CC1.Cc1ccccc1COCCCP(=O)(CO[C@H](C)Cn1cnc2c(N)ncnc21)Oc1ccccc1. The fraction of sp³-hybridized carbons (Fsp3) is 0.376. The molecule has 1 fully saturated rings. The molecule has 1 saturated carbocycles. The minimum atomic E-state index is -3.26. The first-order chi connectivity index (χ1) is 71.7. The molecule has 8 heterocycles. The summed E-state index contributed by atoms with van der Waals surface area (Å²) in [4.78, 5) is 50.2. The second kappa shape index (κ2) is 53.4. The highest BCUT2D eigenvalue weighted by atomic mass is 31.2. The van der Waals surface area contributed by atoms with Crippen LogP contribution in [0.1, 0.15) is 112 Å². The molecule has 788 valence electrons. The number of ether oxygens (including phenoxy) is 8. The summed E-state index contributed by atoms with van der Waals surface area (Å²) in [5, 5.41) is 0. The zero-order chi connectivity index (χ0) is 105. The van der Waals surface area contributed by atoms with Crippen molar-refractivity contribution in [3.63, 3.8) is 0 Å². The van der Waals surface area contributed by atoms with Crippen LogP contribution in [-0.2, 0) is 109 Å². The molecule has 0 radical (unpaired) electrons. The van der Waals surface area contributed by atoms with Gasteiger partial charge in [-0.05, 0) is 173 Å². The number of imidazole rings is 4. The third kappa shape index (κ3) is 34.0. The quantitative estimate of drug-likeness (QED) is 0.0203. The maximum atomic E-state index is 14.2. The maximum Gasteiger partial charge on any atom is 0.273 e. The van der Waals surface area contributed by atoms with Gasteiger partial charge in [0.2, 0.25) is 0 Å². The number of nitrogens with two attached hydrogens (primary N) is 4. The van der Waals surface area contributed by atoms with Gasteiger partial charge in [-0.2, -0.15) is 0 Å². The summed E-state index contributed by atoms with van der Waals surface area (Å²) in [5.74, 6) is 3.59. The summed E-state index contributed by atoms with van der Waals surface area (Å²) < 4.78 is 136. The highest BCUT2D eigenvalue weighted by Gasteiger charge is 2.50. The number of aromatic nitrogens is 16. The summed E-state index contributed by atoms with van der Waals surface area (Å²) in [5.41, 5.74) is 37.1. The van der Waals surface area contributed by atoms with Gasteiger partial charge < -0.3 is 97.2 Å². The average Bonchev–Trinajstić information content (AvgIpc) is 1.62. The molecule has 36 nitrogen and oxygen atoms in total. The Hall–Kier alpha value is -13.0. The van der Waals surface area contributed by atoms with Crippen LogP contribution >= 0.6 is 29.5 Å². The number of fused-ring (bicyclic) bond motifs is 4. The van der Waals surface area contributed by atoms with Gasteiger partial charge in [0.25, 0.3) is 29.5 Å². The second-order valence-corrected chi connectivity index (χ2v) is 48.5. The molecule has 8 N–H and O–H groups in total. The van der Waals surface area contributed by atoms with Crippen LogP contribution in [0.5, 0.6) is 23.0 Å². The number of hydrogen-bond acceptors (Lipinski definition) is 32. The van der Waals surface area contributed by atoms with Gasteiger partial charge in [-0.1, -0.05) is 196 Å². The molecule has 16 aromatic rings. The Balaban J connectivity index is 0.000000157. The largest absolute Gasteiger partial charge is 0.441 e. The van der Waals surface area contributed by atoms with Gasteiger partial charge in [-0.15, -0.1) is 0 Å². The number of nitrogen functional groups attached to an aromatic ring is 4. The van der Waals surface area contributed by atoms with E-state index in [9.17, 15) is 18.3 Å². The molecule has 9 atom stereocenters. The average molecular weight is 2110 g/mol. The van der Waals surface area contributed by atoms with Crippen molar-refractivity contribution in [2.24, 2.45) is 16.7 Å². The Morgan fingerprint density at radius 2 is 0.711 bits per heavy atom. The lowest BCUT2D eigenvalue weighted by Crippen LogP contribution is -2.27. The van der Waals surface area contributed by atoms with Gasteiger partial charge in [0.05, 0.1) is 122 Å². The number of hydrogen-bond donors (Lipinski definition) is 4. The van der Waals surface area contributed by atoms with E-state index in [1.165, 1.54) is 53.1 Å². The number of anilines is 4. The van der Waals surface area contributed by atoms with Crippen molar-refractivity contribution in [2.45, 2.75) is 172 Å². The molecule has 1 aliphatic carbocycles. The predicted molar refractivity (Wildman–Crippen MR) is 581 cm³/mol. The number of para-hydroxylation sites is 4. The van der Waals surface area contributed by atoms with Crippen molar-refractivity contribution in [3.05, 3.63) is 314 Å². The topological polar surface area (TPSA) is 458 Å². The first kappa shape index (κ1) is 112. The molecule has 5 unspecified atom stereocenters. The lowest BCUT2D eigenvalue weighted by molar-refractivity contribution is 0.0572. The summed E-state index contributed by atoms with van der Waals surface area (Å²) in [6, 6.07) is 69.6. The molecule has 0 aliphatic heterocycles. The second-order valence-electron chi connectivity index (χ2n) is 38.8. The zero-order valence-electron chi connectivity index (χ0n) is 86.3. The Morgan fingerprint density at radius 1 is 0.369 bits per heavy atom. The molecule has 0 amide bonds. The Bertz CT molecular complexity index is 6950. The smallest absolute Gasteiger partial charge is 0.273 e. The van der Waals surface area contributed by atoms with Crippen molar-refractivity contribution in [2.75, 3.05) is 99.4 Å². The van der Waals surface area contributed by atoms with Crippen molar-refractivity contribution < 1.29 is 74.3 Å². The number of nitrogens with zero attached hydrogens (tertiary/aromatic N) is 16. The van der Waals surface area contributed by atoms with E-state index < -0.39 is 34.9 Å². The molecule has 0 saturated heterocycles. The van der Waals surface area contributed by atoms with Crippen molar-refractivity contribution in [3.8, 4) is 23.0 Å². The molecule has 8 aromatic carbocycles. The summed E-state index contributed by atoms with van der Waals surface area (Å²) >= 11 is 0. The van der Waals surface area contributed by atoms with E-state index in [1.54, 1.807) is 61.7 Å². The molecule has 0 bridgehead atoms. The molecule has 149 heavy (non-hydrogen) atoms. The molecule has 17 rings (SSSR count). The highest BCUT2D eigenvalue weighted by Crippen LogP contribution is 2.60. The monoisotopic (exact) mass is 2100 g/mol. The number of rotatable bonds is 52. The van der Waals surface area contributed by atoms with E-state index in [0.29, 0.717) is 201 Å². The van der Waals surface area contributed by atoms with Crippen LogP contribution in [0.15, 0.2) is 269 Å². The van der Waals surface area contributed by atoms with Crippen LogP contribution in [0.4, 0.5) is 23.3 Å². The van der Waals surface area contributed by atoms with E-state index in [4.69, 9.17) is 78.9 Å². The Morgan fingerprint density at radius 3 is 1.10 bits per heavy atom. The van der Waals surface area contributed by atoms with Crippen LogP contribution in [0, 0.1) is 44.4 Å². The number of benzene rings is 8. The zero-order valence-corrected chi connectivity index (χ0v) is 89.9. The summed E-state index contributed by atoms with van der Waals surface area (Å²) in [6.45, 7) is 27.9. The lowest BCUT2D eigenvalue weighted by atomic mass is 9.98. The Kier molecular flexibility index (Phi) is 40.0. The predicted octanol–water partition coefficient (Wildman–Crippen LogP) is 21.4. The van der Waals surface area contributed by atoms with Gasteiger partial charge >= 0.3 is 0 Å². The molecule has 0 spiro atoms. The van der Waals surface area contributed by atoms with Gasteiger partial charge in [0, 0.05) is 36.7 Å². The van der Waals surface area contributed by atoms with Gasteiger partial charge in [-0.25, -0.2) is 59.8 Å². The maximum absolute atomic E-state index is 14.2. The standard InChI is InChI=1S/C28H34N5O4P.C28H36N5O4P.C27H34N5O4P.C26H32N5O4P/c1-21-8-6-7-9-23(21)15-35-16-28(12-13-28)17-38(34,37-24-10-4-3-5-11-24)20-36-22(2)14-33-19-32-25-26(29)30-18-31-27(25)33;1-21-10-8-9-11-23(21)15-35-16-28(3,4)17-38(34,37-24-12-6-5-7-13-24)20-36-22(2)14-33-19-32-25-26(29)30-18-31-27(25)33;1-20-8-7-9-23(12-20)15-34-14-21(2)16-37(33,36-24-10-5-4-6-11-24)19-35-22(3)13-32-18-31-25-26(28)29-17-30-27(25)32;1-20-9-6-7-10-22(20)16-33-13-8-14-36(32,35-23-11-4-3-5-12-23)19-34-21(2)15-31-18-30-24-25(27)28-17-29-26(24)31/h3-11,18-19,22H,12-17,20H2,1-2H3,(H2,29,30,31);5-13,18-19,22H,14-17,20H2,1-4H3,(H2,29,30,31);4-12,17-18,21-22H,13-16,19H2,1-3H3,(H2,28,29,30);3-7,9-12,17-18,21H,8,13-16,19H2,1-2H3,(H2,27,28,29)/t2*22-,38?;21?,22-,37?;21-,36?/m1111/s1. The number of aryl methyl sites for hydroxylation is 4. The summed E-state index contributed by atoms with van der Waals surface area (Å²) in [6.07, 6.45) is 15.0. The fourth-order valence-corrected chi connectivity index (χ4v) is 26.1. The fourth-order valence-electron chi connectivity index (χ4n) is 16.7. The van der Waals surface area contributed by atoms with E-state index >= 15 is 0 Å². The van der Waals surface area contributed by atoms with E-state index in [-0.39, 0.29) is 61.1 Å². The minimum absolute atomic E-state index is 0.00631. The van der Waals surface area contributed by atoms with Crippen LogP contribution in [0.25, 0.3) is 44.7 Å². The molecule has 8 aromatic heterocycles. The first-order valence-electron chi connectivity index (χ1n) is 49.7. The molecular weight excluding hydrogens is 1970 g/mol. The van der Waals surface area contributed by atoms with Crippen LogP contribution in [0.2, 0.25) is 0 Å². The normalized spacial score (nSPS) is 14.9. The lowest BCUT2D eigenvalue weighted by Gasteiger charge is -2.30. The Labute approximate surface area is 869 Å². The van der Waals surface area contributed by atoms with Crippen molar-refractivity contribution in [1.82, 2.24) is 78.1 Å². The van der Waals surface area contributed by atoms with E-state index in [1.807, 2.05) is 200 Å². The minimum Gasteiger partial charge on any atom is -0.441 e. The first-order valence-corrected chi connectivity index (χ1v) is 57.6. The van der Waals surface area contributed by atoms with Crippen LogP contribution in [-0.4, -0.2) is 179 Å². The van der Waals surface area contributed by atoms with E-state index in [2.05, 4.69) is 136 Å². The van der Waals surface area contributed by atoms with E-state index in [0.717, 1.165) is 29.5 Å². The van der Waals surface area contributed by atoms with Crippen LogP contribution in [0.3, 0.4) is 0 Å². The van der Waals surface area contributed by atoms with Crippen LogP contribution < -0.4 is 41.0 Å². The van der Waals surface area contributed by atoms with Gasteiger partial charge in [0.15, 0.2) is 45.9 Å². The molecule has 40 heteroatoms. The third-order valence-electron chi connectivity index (χ3n) is 24.6. The van der Waals surface area contributed by atoms with Gasteiger partial charge in [0.1, 0.15) is 95.8 Å². The highest BCUT2D eigenvalue weighted by molar-refractivity contribution is 7.60. The molecular formula is C109H136N20O16P4. The van der Waals surface area contributed by atoms with Crippen molar-refractivity contribution >= 4 is 97.4 Å². The molecule has 1 aliphatic rings.